The molecule has 10 heteroatoms. The van der Waals surface area contributed by atoms with Crippen LogP contribution in [0.2, 0.25) is 0 Å². The maximum absolute atomic E-state index is 10.0. The number of hydrogen-bond donors (Lipinski definition) is 2. The average Bonchev–Trinajstić information content (AvgIpc) is 1.58. The second-order valence-corrected chi connectivity index (χ2v) is 3.38. The van der Waals surface area contributed by atoms with Crippen LogP contribution >= 0.6 is 16.5 Å². The summed E-state index contributed by atoms with van der Waals surface area (Å²) in [6.45, 7) is 0. The Labute approximate surface area is 59.7 Å². The zero-order chi connectivity index (χ0) is 8.15. The van der Waals surface area contributed by atoms with Crippen molar-refractivity contribution >= 4 is 27.9 Å². The van der Waals surface area contributed by atoms with Crippen LogP contribution in [0.1, 0.15) is 0 Å². The first-order valence-corrected chi connectivity index (χ1v) is 4.89. The highest BCUT2D eigenvalue weighted by Gasteiger charge is 2.29. The Morgan fingerprint density at radius 2 is 1.40 bits per heavy atom. The van der Waals surface area contributed by atoms with E-state index < -0.39 is 27.9 Å². The van der Waals surface area contributed by atoms with Crippen molar-refractivity contribution in [2.45, 2.75) is 0 Å². The van der Waals surface area contributed by atoms with Crippen LogP contribution in [-0.4, -0.2) is 14.0 Å². The van der Waals surface area contributed by atoms with E-state index in [9.17, 15) is 13.3 Å². The van der Waals surface area contributed by atoms with E-state index in [4.69, 9.17) is 9.79 Å². The molecule has 2 unspecified atom stereocenters. The van der Waals surface area contributed by atoms with Crippen molar-refractivity contribution in [1.82, 2.24) is 0 Å². The first-order valence-electron chi connectivity index (χ1n) is 1.63. The fourth-order valence-corrected chi connectivity index (χ4v) is 1.30. The van der Waals surface area contributed by atoms with Crippen molar-refractivity contribution in [2.24, 2.45) is 0 Å². The van der Waals surface area contributed by atoms with Gasteiger partial charge in [-0.1, -0.05) is 0 Å². The summed E-state index contributed by atoms with van der Waals surface area (Å²) in [5, 5.41) is 0. The van der Waals surface area contributed by atoms with Crippen molar-refractivity contribution in [3.05, 3.63) is 0 Å². The summed E-state index contributed by atoms with van der Waals surface area (Å²) in [7, 11) is -6.17. The van der Waals surface area contributed by atoms with Gasteiger partial charge in [0.1, 0.15) is 0 Å². The standard InChI is InChI=1S/O7P2S/c1-8(2)6-10(5)7-9(3)4/p+2. The van der Waals surface area contributed by atoms with Crippen LogP contribution in [0.25, 0.3) is 0 Å². The van der Waals surface area contributed by atoms with E-state index >= 15 is 0 Å². The van der Waals surface area contributed by atoms with Crippen LogP contribution < -0.4 is 0 Å². The minimum absolute atomic E-state index is 2.65. The average molecular weight is 208 g/mol. The lowest BCUT2D eigenvalue weighted by atomic mass is 15.8. The van der Waals surface area contributed by atoms with E-state index in [1.807, 2.05) is 0 Å². The van der Waals surface area contributed by atoms with Crippen LogP contribution in [0.3, 0.4) is 0 Å². The first kappa shape index (κ1) is 10.2. The number of rotatable bonds is 4. The summed E-state index contributed by atoms with van der Waals surface area (Å²) in [5.74, 6) is 0. The van der Waals surface area contributed by atoms with Crippen molar-refractivity contribution < 1.29 is 31.1 Å². The zero-order valence-electron chi connectivity index (χ0n) is 4.24. The Morgan fingerprint density at radius 3 is 1.60 bits per heavy atom. The van der Waals surface area contributed by atoms with Crippen LogP contribution in [-0.2, 0) is 28.4 Å². The van der Waals surface area contributed by atoms with Crippen LogP contribution in [0.5, 0.6) is 0 Å². The molecule has 10 heavy (non-hydrogen) atoms. The molecule has 0 saturated heterocycles. The molecule has 0 saturated carbocycles. The fraction of sp³-hybridized carbons (Fsp3) is 0. The molecule has 0 aromatic carbocycles. The molecule has 7 nitrogen and oxygen atoms in total. The van der Waals surface area contributed by atoms with Gasteiger partial charge >= 0.3 is 27.9 Å². The fourth-order valence-electron chi connectivity index (χ4n) is 0.118. The molecule has 0 aromatic heterocycles. The quantitative estimate of drug-likeness (QED) is 0.620. The Morgan fingerprint density at radius 1 is 1.10 bits per heavy atom. The van der Waals surface area contributed by atoms with Gasteiger partial charge in [0.15, 0.2) is 0 Å². The molecular weight excluding hydrogens is 206 g/mol. The van der Waals surface area contributed by atoms with E-state index in [0.717, 1.165) is 0 Å². The van der Waals surface area contributed by atoms with Gasteiger partial charge < -0.3 is 0 Å². The lowest BCUT2D eigenvalue weighted by Gasteiger charge is -1.73. The molecule has 2 N–H and O–H groups in total. The summed E-state index contributed by atoms with van der Waals surface area (Å²) in [6, 6.07) is 0. The lowest BCUT2D eigenvalue weighted by Crippen LogP contribution is -1.89. The molecule has 0 fully saturated rings. The summed E-state index contributed by atoms with van der Waals surface area (Å²) in [6.07, 6.45) is 0. The molecule has 0 aromatic rings. The van der Waals surface area contributed by atoms with Gasteiger partial charge in [-0.15, -0.1) is 9.79 Å². The van der Waals surface area contributed by atoms with Gasteiger partial charge in [0.05, 0.1) is 0 Å². The lowest BCUT2D eigenvalue weighted by molar-refractivity contribution is 0.377. The van der Waals surface area contributed by atoms with Crippen LogP contribution in [0.15, 0.2) is 0 Å². The topological polar surface area (TPSA) is 110 Å². The monoisotopic (exact) mass is 208 g/mol. The van der Waals surface area contributed by atoms with E-state index in [1.54, 1.807) is 0 Å². The molecule has 0 amide bonds. The van der Waals surface area contributed by atoms with Crippen LogP contribution in [0, 0.1) is 0 Å². The Bertz CT molecular complexity index is 154. The Kier molecular flexibility index (Phi) is 5.02. The minimum atomic E-state index is -3.09. The van der Waals surface area contributed by atoms with Gasteiger partial charge in [-0.05, 0) is 0 Å². The predicted molar refractivity (Wildman–Crippen MR) is 30.0 cm³/mol. The van der Waals surface area contributed by atoms with Gasteiger partial charge in [0.25, 0.3) is 0 Å². The molecule has 0 aliphatic rings. The zero-order valence-corrected chi connectivity index (χ0v) is 6.84. The molecule has 0 aliphatic heterocycles. The molecule has 0 bridgehead atoms. The molecule has 0 heterocycles. The second kappa shape index (κ2) is 4.92. The van der Waals surface area contributed by atoms with Crippen molar-refractivity contribution in [1.29, 1.82) is 0 Å². The van der Waals surface area contributed by atoms with Gasteiger partial charge in [-0.2, -0.15) is 4.21 Å². The van der Waals surface area contributed by atoms with E-state index in [-0.39, 0.29) is 0 Å². The normalized spacial score (nSPS) is 16.2. The van der Waals surface area contributed by atoms with E-state index in [1.165, 1.54) is 0 Å². The third-order valence-electron chi connectivity index (χ3n) is 0.249. The predicted octanol–water partition coefficient (Wildman–Crippen LogP) is -0.102. The van der Waals surface area contributed by atoms with Crippen molar-refractivity contribution in [2.75, 3.05) is 0 Å². The SMILES string of the molecule is O=[P+](O)OS(=O)O[P+](=O)O. The summed E-state index contributed by atoms with van der Waals surface area (Å²) >= 11 is -2.65. The molecular formula is H2O7P2S+2. The number of hydrogen-bond acceptors (Lipinski definition) is 5. The third kappa shape index (κ3) is 6.31. The maximum atomic E-state index is 10.0. The largest absolute Gasteiger partial charge is 0.712 e. The summed E-state index contributed by atoms with van der Waals surface area (Å²) in [4.78, 5) is 15.7. The van der Waals surface area contributed by atoms with E-state index in [2.05, 4.69) is 7.94 Å². The molecule has 0 radical (unpaired) electrons. The molecule has 58 valence electrons. The maximum Gasteiger partial charge on any atom is 0.712 e. The summed E-state index contributed by atoms with van der Waals surface area (Å²) in [5.41, 5.74) is 0. The smallest absolute Gasteiger partial charge is 0.189 e. The van der Waals surface area contributed by atoms with Crippen molar-refractivity contribution in [3.8, 4) is 0 Å². The molecule has 0 rings (SSSR count). The molecule has 2 atom stereocenters. The Hall–Kier alpha value is 0.190. The second-order valence-electron chi connectivity index (χ2n) is 0.829. The highest BCUT2D eigenvalue weighted by molar-refractivity contribution is 7.82. The molecule has 0 aliphatic carbocycles. The first-order chi connectivity index (χ1) is 4.52. The highest BCUT2D eigenvalue weighted by atomic mass is 32.2. The van der Waals surface area contributed by atoms with Crippen molar-refractivity contribution in [3.63, 3.8) is 0 Å². The minimum Gasteiger partial charge on any atom is -0.189 e. The summed E-state index contributed by atoms with van der Waals surface area (Å²) < 4.78 is 36.4. The highest BCUT2D eigenvalue weighted by Crippen LogP contribution is 2.24. The van der Waals surface area contributed by atoms with Gasteiger partial charge in [0, 0.05) is 17.1 Å². The Balaban J connectivity index is 3.65. The third-order valence-corrected chi connectivity index (χ3v) is 2.24. The molecule has 0 spiro atoms. The van der Waals surface area contributed by atoms with Gasteiger partial charge in [0.2, 0.25) is 0 Å². The van der Waals surface area contributed by atoms with Crippen LogP contribution in [0.4, 0.5) is 0 Å². The van der Waals surface area contributed by atoms with E-state index in [0.29, 0.717) is 0 Å². The van der Waals surface area contributed by atoms with Gasteiger partial charge in [-0.3, -0.25) is 0 Å². The van der Waals surface area contributed by atoms with Gasteiger partial charge in [-0.25, -0.2) is 0 Å².